The molecule has 20 heavy (non-hydrogen) atoms. The van der Waals surface area contributed by atoms with Crippen LogP contribution in [0.4, 0.5) is 0 Å². The molecule has 2 aliphatic heterocycles. The summed E-state index contributed by atoms with van der Waals surface area (Å²) in [5.74, 6) is -1.79. The molecule has 0 aliphatic carbocycles. The van der Waals surface area contributed by atoms with Crippen LogP contribution in [0, 0.1) is 0 Å². The molecule has 4 N–H and O–H groups in total. The van der Waals surface area contributed by atoms with E-state index in [9.17, 15) is 19.2 Å². The third-order valence-corrected chi connectivity index (χ3v) is 8.77. The van der Waals surface area contributed by atoms with Crippen molar-refractivity contribution in [1.82, 2.24) is 0 Å². The summed E-state index contributed by atoms with van der Waals surface area (Å²) in [7, 11) is 0. The molecule has 12 heteroatoms. The number of nitrogens with two attached hydrogens (primary N) is 2. The SMILES string of the molecule is N[C@@H]1CC(=O)[O][Hg][O]C1=O.N[C@@H]1CC(=O)[O][Hg][O]C1=O. The van der Waals surface area contributed by atoms with Gasteiger partial charge in [0.25, 0.3) is 0 Å². The van der Waals surface area contributed by atoms with Crippen LogP contribution in [0.1, 0.15) is 12.8 Å². The fourth-order valence-corrected chi connectivity index (χ4v) is 6.13. The molecule has 0 unspecified atom stereocenters. The zero-order chi connectivity index (χ0) is 15.1. The average Bonchev–Trinajstić information content (AvgIpc) is 2.60. The summed E-state index contributed by atoms with van der Waals surface area (Å²) < 4.78 is 18.4. The second kappa shape index (κ2) is 8.85. The maximum atomic E-state index is 10.6. The van der Waals surface area contributed by atoms with Gasteiger partial charge in [-0.2, -0.15) is 0 Å². The standard InChI is InChI=1S/2C4H7NO4.2Hg/c2*5-2(4(8)9)1-3(6)7;;/h2*2H,1,5H2,(H,6,7)(H,8,9);;/q;;2*+2/p-4/t2*2-;;/m11../s1. The number of carbonyl (C=O) groups excluding carboxylic acids is 4. The topological polar surface area (TPSA) is 157 Å². The molecule has 2 aliphatic rings. The van der Waals surface area contributed by atoms with Gasteiger partial charge in [0.2, 0.25) is 0 Å². The monoisotopic (exact) mass is 666 g/mol. The van der Waals surface area contributed by atoms with Gasteiger partial charge in [0.15, 0.2) is 0 Å². The fourth-order valence-electron chi connectivity index (χ4n) is 1.16. The van der Waals surface area contributed by atoms with Gasteiger partial charge < -0.3 is 0 Å². The van der Waals surface area contributed by atoms with Crippen LogP contribution in [-0.4, -0.2) is 36.0 Å². The molecule has 0 aromatic heterocycles. The molecule has 2 atom stereocenters. The Labute approximate surface area is 140 Å². The minimum absolute atomic E-state index is 0.0428. The van der Waals surface area contributed by atoms with Crippen LogP contribution in [0.25, 0.3) is 0 Å². The zero-order valence-electron chi connectivity index (χ0n) is 10.4. The number of hydrogen-bond acceptors (Lipinski definition) is 10. The van der Waals surface area contributed by atoms with Gasteiger partial charge in [0.1, 0.15) is 0 Å². The van der Waals surface area contributed by atoms with Gasteiger partial charge in [-0.25, -0.2) is 0 Å². The molecular weight excluding hydrogens is 653 g/mol. The van der Waals surface area contributed by atoms with Gasteiger partial charge in [-0.15, -0.1) is 0 Å². The summed E-state index contributed by atoms with van der Waals surface area (Å²) in [4.78, 5) is 42.4. The summed E-state index contributed by atoms with van der Waals surface area (Å²) in [5, 5.41) is 0. The van der Waals surface area contributed by atoms with Gasteiger partial charge in [0, 0.05) is 0 Å². The molecule has 0 amide bonds. The van der Waals surface area contributed by atoms with Gasteiger partial charge >= 0.3 is 141 Å². The molecule has 10 nitrogen and oxygen atoms in total. The van der Waals surface area contributed by atoms with Crippen molar-refractivity contribution in [3.8, 4) is 0 Å². The zero-order valence-corrected chi connectivity index (χ0v) is 21.4. The van der Waals surface area contributed by atoms with Crippen molar-refractivity contribution >= 4 is 23.9 Å². The molecule has 0 bridgehead atoms. The predicted molar refractivity (Wildman–Crippen MR) is 49.6 cm³/mol. The van der Waals surface area contributed by atoms with Crippen LogP contribution < -0.4 is 11.5 Å². The second-order valence-electron chi connectivity index (χ2n) is 3.82. The van der Waals surface area contributed by atoms with Crippen LogP contribution in [0.15, 0.2) is 0 Å². The van der Waals surface area contributed by atoms with Crippen LogP contribution in [-0.2, 0) is 80.7 Å². The Morgan fingerprint density at radius 1 is 0.750 bits per heavy atom. The van der Waals surface area contributed by atoms with Crippen molar-refractivity contribution in [1.29, 1.82) is 0 Å². The van der Waals surface area contributed by atoms with Crippen LogP contribution in [0.2, 0.25) is 0 Å². The summed E-state index contributed by atoms with van der Waals surface area (Å²) in [6, 6.07) is -1.62. The van der Waals surface area contributed by atoms with Crippen molar-refractivity contribution in [2.24, 2.45) is 11.5 Å². The summed E-state index contributed by atoms with van der Waals surface area (Å²) in [6.45, 7) is 0. The number of hydrogen-bond donors (Lipinski definition) is 2. The first-order valence-corrected chi connectivity index (χ1v) is 14.5. The van der Waals surface area contributed by atoms with Crippen molar-refractivity contribution in [2.75, 3.05) is 0 Å². The predicted octanol–water partition coefficient (Wildman–Crippen LogP) is -2.57. The second-order valence-corrected chi connectivity index (χ2v) is 10.1. The first kappa shape index (κ1) is 17.7. The molecule has 2 fully saturated rings. The van der Waals surface area contributed by atoms with E-state index in [1.54, 1.807) is 0 Å². The molecule has 0 radical (unpaired) electrons. The summed E-state index contributed by atoms with van der Waals surface area (Å²) in [6.07, 6.45) is -0.0856. The van der Waals surface area contributed by atoms with Crippen molar-refractivity contribution in [3.05, 3.63) is 0 Å². The molecule has 2 heterocycles. The Kier molecular flexibility index (Phi) is 7.84. The van der Waals surface area contributed by atoms with Crippen LogP contribution in [0.3, 0.4) is 0 Å². The Balaban J connectivity index is 0.000000200. The molecule has 0 saturated carbocycles. The Bertz CT molecular complexity index is 379. The molecule has 0 aromatic carbocycles. The van der Waals surface area contributed by atoms with E-state index in [1.165, 1.54) is 0 Å². The Morgan fingerprint density at radius 2 is 1.10 bits per heavy atom. The molecule has 0 aromatic rings. The van der Waals surface area contributed by atoms with E-state index in [1.807, 2.05) is 0 Å². The van der Waals surface area contributed by atoms with Crippen LogP contribution in [0.5, 0.6) is 0 Å². The normalized spacial score (nSPS) is 25.1. The van der Waals surface area contributed by atoms with E-state index in [4.69, 9.17) is 11.5 Å². The van der Waals surface area contributed by atoms with Gasteiger partial charge in [-0.1, -0.05) is 0 Å². The van der Waals surface area contributed by atoms with Gasteiger partial charge in [0.05, 0.1) is 0 Å². The quantitative estimate of drug-likeness (QED) is 0.264. The van der Waals surface area contributed by atoms with Gasteiger partial charge in [-0.3, -0.25) is 0 Å². The number of carbonyl (C=O) groups is 4. The molecule has 104 valence electrons. The molecule has 2 rings (SSSR count). The average molecular weight is 663 g/mol. The van der Waals surface area contributed by atoms with E-state index in [-0.39, 0.29) is 12.8 Å². The van der Waals surface area contributed by atoms with Crippen molar-refractivity contribution < 1.29 is 80.7 Å². The first-order valence-electron chi connectivity index (χ1n) is 5.56. The van der Waals surface area contributed by atoms with E-state index in [2.05, 4.69) is 10.6 Å². The molecular formula is C8H10Hg2N2O8. The van der Waals surface area contributed by atoms with Crippen LogP contribution >= 0.6 is 0 Å². The third-order valence-electron chi connectivity index (χ3n) is 2.22. The first-order chi connectivity index (χ1) is 9.40. The maximum absolute atomic E-state index is 10.6. The van der Waals surface area contributed by atoms with E-state index in [0.29, 0.717) is 0 Å². The van der Waals surface area contributed by atoms with Gasteiger partial charge in [-0.05, 0) is 0 Å². The summed E-state index contributed by atoms with van der Waals surface area (Å²) >= 11 is -4.21. The van der Waals surface area contributed by atoms with E-state index >= 15 is 0 Å². The van der Waals surface area contributed by atoms with E-state index in [0.717, 1.165) is 0 Å². The summed E-state index contributed by atoms with van der Waals surface area (Å²) in [5.41, 5.74) is 10.5. The Morgan fingerprint density at radius 3 is 1.45 bits per heavy atom. The van der Waals surface area contributed by atoms with E-state index < -0.39 is 86.9 Å². The van der Waals surface area contributed by atoms with Crippen molar-refractivity contribution in [2.45, 2.75) is 24.9 Å². The Hall–Kier alpha value is -0.330. The minimum atomic E-state index is -2.10. The fraction of sp³-hybridized carbons (Fsp3) is 0.500. The molecule has 0 spiro atoms. The number of rotatable bonds is 0. The third kappa shape index (κ3) is 6.41. The van der Waals surface area contributed by atoms with Crippen molar-refractivity contribution in [3.63, 3.8) is 0 Å². The molecule has 2 saturated heterocycles.